The van der Waals surface area contributed by atoms with Crippen LogP contribution in [0.2, 0.25) is 0 Å². The molecule has 0 radical (unpaired) electrons. The summed E-state index contributed by atoms with van der Waals surface area (Å²) in [5, 5.41) is 12.2. The zero-order valence-electron chi connectivity index (χ0n) is 17.1. The first kappa shape index (κ1) is 20.4. The SMILES string of the molecule is COc1ccc(-n2nnnc2CN2CCN(C(=O)c3ccccc3SC)CC2)cc1. The second-order valence-electron chi connectivity index (χ2n) is 6.97. The molecule has 0 aliphatic carbocycles. The molecule has 1 aliphatic heterocycles. The maximum atomic E-state index is 12.9. The van der Waals surface area contributed by atoms with Crippen molar-refractivity contribution in [3.8, 4) is 11.4 Å². The number of hydrogen-bond acceptors (Lipinski definition) is 7. The van der Waals surface area contributed by atoms with Crippen LogP contribution in [-0.4, -0.2) is 75.5 Å². The summed E-state index contributed by atoms with van der Waals surface area (Å²) >= 11 is 1.60. The second-order valence-corrected chi connectivity index (χ2v) is 7.82. The van der Waals surface area contributed by atoms with Crippen LogP contribution in [0.25, 0.3) is 5.69 Å². The molecular formula is C21H24N6O2S. The van der Waals surface area contributed by atoms with Gasteiger partial charge in [0.25, 0.3) is 5.91 Å². The number of benzene rings is 2. The summed E-state index contributed by atoms with van der Waals surface area (Å²) in [6.07, 6.45) is 2.00. The molecule has 0 atom stereocenters. The highest BCUT2D eigenvalue weighted by atomic mass is 32.2. The molecule has 30 heavy (non-hydrogen) atoms. The topological polar surface area (TPSA) is 76.4 Å². The fourth-order valence-corrected chi connectivity index (χ4v) is 4.12. The minimum Gasteiger partial charge on any atom is -0.497 e. The molecule has 0 N–H and O–H groups in total. The van der Waals surface area contributed by atoms with Crippen LogP contribution >= 0.6 is 11.8 Å². The molecule has 2 heterocycles. The van der Waals surface area contributed by atoms with Crippen LogP contribution in [-0.2, 0) is 6.54 Å². The van der Waals surface area contributed by atoms with E-state index in [0.29, 0.717) is 19.6 Å². The zero-order valence-corrected chi connectivity index (χ0v) is 17.9. The van der Waals surface area contributed by atoms with Crippen molar-refractivity contribution >= 4 is 17.7 Å². The van der Waals surface area contributed by atoms with Gasteiger partial charge in [0.2, 0.25) is 0 Å². The van der Waals surface area contributed by atoms with Gasteiger partial charge in [-0.1, -0.05) is 12.1 Å². The van der Waals surface area contributed by atoms with Crippen molar-refractivity contribution in [1.29, 1.82) is 0 Å². The Balaban J connectivity index is 1.39. The summed E-state index contributed by atoms with van der Waals surface area (Å²) in [6.45, 7) is 3.56. The summed E-state index contributed by atoms with van der Waals surface area (Å²) in [7, 11) is 1.64. The predicted octanol–water partition coefficient (Wildman–Crippen LogP) is 2.35. The maximum Gasteiger partial charge on any atom is 0.255 e. The van der Waals surface area contributed by atoms with Crippen LogP contribution in [0.15, 0.2) is 53.4 Å². The van der Waals surface area contributed by atoms with Gasteiger partial charge in [-0.05, 0) is 53.1 Å². The Morgan fingerprint density at radius 2 is 1.80 bits per heavy atom. The Kier molecular flexibility index (Phi) is 6.29. The van der Waals surface area contributed by atoms with Gasteiger partial charge in [-0.15, -0.1) is 16.9 Å². The molecule has 1 fully saturated rings. The van der Waals surface area contributed by atoms with Crippen LogP contribution in [0.3, 0.4) is 0 Å². The molecule has 1 saturated heterocycles. The molecule has 8 nitrogen and oxygen atoms in total. The van der Waals surface area contributed by atoms with Gasteiger partial charge in [-0.2, -0.15) is 4.68 Å². The zero-order chi connectivity index (χ0) is 20.9. The molecule has 0 spiro atoms. The van der Waals surface area contributed by atoms with Crippen molar-refractivity contribution in [2.75, 3.05) is 39.5 Å². The van der Waals surface area contributed by atoms with Gasteiger partial charge in [0.1, 0.15) is 5.75 Å². The normalized spacial score (nSPS) is 14.7. The standard InChI is InChI=1S/C21H24N6O2S/c1-29-17-9-7-16(8-10-17)27-20(22-23-24-27)15-25-11-13-26(14-12-25)21(28)18-5-3-4-6-19(18)30-2/h3-10H,11-15H2,1-2H3. The van der Waals surface area contributed by atoms with Gasteiger partial charge < -0.3 is 9.64 Å². The van der Waals surface area contributed by atoms with Gasteiger partial charge in [0.05, 0.1) is 24.9 Å². The molecule has 2 aromatic carbocycles. The Hall–Kier alpha value is -2.91. The third-order valence-corrected chi connectivity index (χ3v) is 6.01. The van der Waals surface area contributed by atoms with Crippen molar-refractivity contribution in [1.82, 2.24) is 30.0 Å². The Bertz CT molecular complexity index is 999. The van der Waals surface area contributed by atoms with E-state index < -0.39 is 0 Å². The molecule has 156 valence electrons. The number of methoxy groups -OCH3 is 1. The molecule has 9 heteroatoms. The number of hydrogen-bond donors (Lipinski definition) is 0. The molecule has 0 saturated carbocycles. The van der Waals surface area contributed by atoms with E-state index in [0.717, 1.165) is 40.8 Å². The fourth-order valence-electron chi connectivity index (χ4n) is 3.53. The lowest BCUT2D eigenvalue weighted by atomic mass is 10.2. The van der Waals surface area contributed by atoms with Crippen molar-refractivity contribution in [3.63, 3.8) is 0 Å². The highest BCUT2D eigenvalue weighted by Crippen LogP contribution is 2.22. The minimum absolute atomic E-state index is 0.0997. The number of carbonyl (C=O) groups excluding carboxylic acids is 1. The first-order chi connectivity index (χ1) is 14.7. The summed E-state index contributed by atoms with van der Waals surface area (Å²) in [4.78, 5) is 18.2. The van der Waals surface area contributed by atoms with E-state index in [1.165, 1.54) is 0 Å². The van der Waals surface area contributed by atoms with E-state index in [1.807, 2.05) is 59.7 Å². The lowest BCUT2D eigenvalue weighted by Crippen LogP contribution is -2.48. The van der Waals surface area contributed by atoms with Gasteiger partial charge in [-0.25, -0.2) is 0 Å². The molecule has 1 aromatic heterocycles. The fraction of sp³-hybridized carbons (Fsp3) is 0.333. The summed E-state index contributed by atoms with van der Waals surface area (Å²) in [5.74, 6) is 1.66. The number of carbonyl (C=O) groups is 1. The summed E-state index contributed by atoms with van der Waals surface area (Å²) in [5.41, 5.74) is 1.67. The van der Waals surface area contributed by atoms with Gasteiger partial charge >= 0.3 is 0 Å². The summed E-state index contributed by atoms with van der Waals surface area (Å²) < 4.78 is 6.95. The molecule has 1 aliphatic rings. The number of amides is 1. The number of aromatic nitrogens is 4. The maximum absolute atomic E-state index is 12.9. The largest absolute Gasteiger partial charge is 0.497 e. The average molecular weight is 425 g/mol. The van der Waals surface area contributed by atoms with Crippen molar-refractivity contribution in [2.45, 2.75) is 11.4 Å². The van der Waals surface area contributed by atoms with Gasteiger partial charge in [0.15, 0.2) is 5.82 Å². The number of tetrazole rings is 1. The quantitative estimate of drug-likeness (QED) is 0.562. The highest BCUT2D eigenvalue weighted by Gasteiger charge is 2.24. The van der Waals surface area contributed by atoms with Gasteiger partial charge in [0, 0.05) is 31.1 Å². The predicted molar refractivity (Wildman–Crippen MR) is 115 cm³/mol. The number of nitrogens with zero attached hydrogens (tertiary/aromatic N) is 6. The minimum atomic E-state index is 0.0997. The van der Waals surface area contributed by atoms with Crippen LogP contribution < -0.4 is 4.74 Å². The van der Waals surface area contributed by atoms with E-state index in [4.69, 9.17) is 4.74 Å². The van der Waals surface area contributed by atoms with E-state index in [1.54, 1.807) is 23.6 Å². The molecule has 3 aromatic rings. The van der Waals surface area contributed by atoms with E-state index >= 15 is 0 Å². The molecule has 4 rings (SSSR count). The van der Waals surface area contributed by atoms with Crippen LogP contribution in [0, 0.1) is 0 Å². The van der Waals surface area contributed by atoms with Crippen molar-refractivity contribution in [2.24, 2.45) is 0 Å². The van der Waals surface area contributed by atoms with E-state index in [9.17, 15) is 4.79 Å². The van der Waals surface area contributed by atoms with Crippen LogP contribution in [0.4, 0.5) is 0 Å². The van der Waals surface area contributed by atoms with E-state index in [2.05, 4.69) is 20.4 Å². The van der Waals surface area contributed by atoms with Crippen LogP contribution in [0.1, 0.15) is 16.2 Å². The van der Waals surface area contributed by atoms with Crippen LogP contribution in [0.5, 0.6) is 5.75 Å². The molecule has 1 amide bonds. The van der Waals surface area contributed by atoms with Gasteiger partial charge in [-0.3, -0.25) is 9.69 Å². The third-order valence-electron chi connectivity index (χ3n) is 5.21. The average Bonchev–Trinajstić information content (AvgIpc) is 3.27. The lowest BCUT2D eigenvalue weighted by Gasteiger charge is -2.34. The second kappa shape index (κ2) is 9.27. The molecular weight excluding hydrogens is 400 g/mol. The number of rotatable bonds is 6. The monoisotopic (exact) mass is 424 g/mol. The molecule has 0 unspecified atom stereocenters. The third kappa shape index (κ3) is 4.31. The Morgan fingerprint density at radius 3 is 2.50 bits per heavy atom. The van der Waals surface area contributed by atoms with Crippen molar-refractivity contribution < 1.29 is 9.53 Å². The first-order valence-corrected chi connectivity index (χ1v) is 11.0. The van der Waals surface area contributed by atoms with Crippen molar-refractivity contribution in [3.05, 3.63) is 59.9 Å². The number of piperazine rings is 1. The highest BCUT2D eigenvalue weighted by molar-refractivity contribution is 7.98. The van der Waals surface area contributed by atoms with E-state index in [-0.39, 0.29) is 5.91 Å². The Morgan fingerprint density at radius 1 is 1.07 bits per heavy atom. The molecule has 0 bridgehead atoms. The first-order valence-electron chi connectivity index (χ1n) is 9.76. The lowest BCUT2D eigenvalue weighted by molar-refractivity contribution is 0.0621. The summed E-state index contributed by atoms with van der Waals surface area (Å²) in [6, 6.07) is 15.4. The smallest absolute Gasteiger partial charge is 0.255 e. The number of ether oxygens (including phenoxy) is 1. The Labute approximate surface area is 179 Å². The number of thioether (sulfide) groups is 1.